The Balaban J connectivity index is 2.16. The van der Waals surface area contributed by atoms with E-state index < -0.39 is 17.6 Å². The molecule has 0 aliphatic carbocycles. The van der Waals surface area contributed by atoms with Gasteiger partial charge in [0.1, 0.15) is 0 Å². The number of ketones is 1. The molecule has 1 aromatic carbocycles. The van der Waals surface area contributed by atoms with Crippen LogP contribution in [-0.2, 0) is 14.4 Å². The Morgan fingerprint density at radius 2 is 1.78 bits per heavy atom. The van der Waals surface area contributed by atoms with Crippen LogP contribution >= 0.6 is 0 Å². The summed E-state index contributed by atoms with van der Waals surface area (Å²) in [6.45, 7) is 1.99. The average Bonchev–Trinajstić information content (AvgIpc) is 2.51. The Kier molecular flexibility index (Phi) is 5.11. The lowest BCUT2D eigenvalue weighted by Gasteiger charge is -2.24. The lowest BCUT2D eigenvalue weighted by Crippen LogP contribution is -2.44. The van der Waals surface area contributed by atoms with E-state index in [9.17, 15) is 14.4 Å². The van der Waals surface area contributed by atoms with E-state index in [1.807, 2.05) is 49.3 Å². The summed E-state index contributed by atoms with van der Waals surface area (Å²) in [5.74, 6) is -1.36. The van der Waals surface area contributed by atoms with E-state index in [1.54, 1.807) is 13.0 Å². The highest BCUT2D eigenvalue weighted by Gasteiger charge is 2.34. The van der Waals surface area contributed by atoms with Crippen molar-refractivity contribution >= 4 is 29.4 Å². The fraction of sp³-hybridized carbons (Fsp3) is 0.278. The lowest BCUT2D eigenvalue weighted by atomic mass is 10.0. The van der Waals surface area contributed by atoms with Crippen molar-refractivity contribution in [2.24, 2.45) is 0 Å². The minimum Gasteiger partial charge on any atom is -0.378 e. The van der Waals surface area contributed by atoms with Crippen LogP contribution in [0.4, 0.5) is 5.69 Å². The van der Waals surface area contributed by atoms with E-state index in [1.165, 1.54) is 6.08 Å². The van der Waals surface area contributed by atoms with Crippen LogP contribution in [0.3, 0.4) is 0 Å². The van der Waals surface area contributed by atoms with Gasteiger partial charge in [-0.15, -0.1) is 0 Å². The number of piperidine rings is 1. The van der Waals surface area contributed by atoms with E-state index in [-0.39, 0.29) is 18.5 Å². The molecule has 5 heteroatoms. The van der Waals surface area contributed by atoms with Crippen LogP contribution in [0.2, 0.25) is 0 Å². The predicted molar refractivity (Wildman–Crippen MR) is 89.9 cm³/mol. The SMILES string of the molecule is CCN1C(=O)CC(=O)/C(=C\C=C\c2ccc(N(C)C)cc2)C1=O. The minimum absolute atomic E-state index is 0.0626. The molecule has 120 valence electrons. The fourth-order valence-electron chi connectivity index (χ4n) is 2.33. The van der Waals surface area contributed by atoms with Gasteiger partial charge in [0.25, 0.3) is 5.91 Å². The Morgan fingerprint density at radius 3 is 2.35 bits per heavy atom. The monoisotopic (exact) mass is 312 g/mol. The number of rotatable bonds is 4. The van der Waals surface area contributed by atoms with E-state index >= 15 is 0 Å². The van der Waals surface area contributed by atoms with Crippen LogP contribution in [0.5, 0.6) is 0 Å². The summed E-state index contributed by atoms with van der Waals surface area (Å²) in [5, 5.41) is 0. The first-order chi connectivity index (χ1) is 10.9. The van der Waals surface area contributed by atoms with Gasteiger partial charge in [-0.2, -0.15) is 0 Å². The molecule has 2 rings (SSSR count). The number of nitrogens with zero attached hydrogens (tertiary/aromatic N) is 2. The van der Waals surface area contributed by atoms with Crippen LogP contribution in [0.1, 0.15) is 18.9 Å². The maximum atomic E-state index is 12.1. The molecule has 1 aliphatic rings. The molecule has 1 heterocycles. The quantitative estimate of drug-likeness (QED) is 0.369. The first-order valence-electron chi connectivity index (χ1n) is 7.47. The highest BCUT2D eigenvalue weighted by atomic mass is 16.2. The standard InChI is InChI=1S/C18H20N2O3/c1-4-20-17(22)12-16(21)15(18(20)23)7-5-6-13-8-10-14(11-9-13)19(2)3/h5-11H,4,12H2,1-3H3/b6-5+,15-7+. The molecule has 0 unspecified atom stereocenters. The first kappa shape index (κ1) is 16.7. The van der Waals surface area contributed by atoms with E-state index in [4.69, 9.17) is 0 Å². The van der Waals surface area contributed by atoms with E-state index in [0.29, 0.717) is 0 Å². The first-order valence-corrected chi connectivity index (χ1v) is 7.47. The van der Waals surface area contributed by atoms with Crippen LogP contribution in [-0.4, -0.2) is 43.1 Å². The third-order valence-corrected chi connectivity index (χ3v) is 3.67. The largest absolute Gasteiger partial charge is 0.378 e. The third-order valence-electron chi connectivity index (χ3n) is 3.67. The number of carbonyl (C=O) groups excluding carboxylic acids is 3. The zero-order chi connectivity index (χ0) is 17.0. The fourth-order valence-corrected chi connectivity index (χ4v) is 2.33. The van der Waals surface area contributed by atoms with Gasteiger partial charge < -0.3 is 4.90 Å². The van der Waals surface area contributed by atoms with Crippen molar-refractivity contribution < 1.29 is 14.4 Å². The number of hydrogen-bond donors (Lipinski definition) is 0. The van der Waals surface area contributed by atoms with Crippen molar-refractivity contribution in [2.75, 3.05) is 25.5 Å². The molecule has 5 nitrogen and oxygen atoms in total. The summed E-state index contributed by atoms with van der Waals surface area (Å²) < 4.78 is 0. The molecule has 1 aliphatic heterocycles. The molecule has 0 atom stereocenters. The van der Waals surface area contributed by atoms with Crippen LogP contribution < -0.4 is 4.90 Å². The molecule has 0 bridgehead atoms. The van der Waals surface area contributed by atoms with Gasteiger partial charge in [-0.25, -0.2) is 0 Å². The number of likely N-dealkylation sites (tertiary alicyclic amines) is 1. The second kappa shape index (κ2) is 7.05. The summed E-state index contributed by atoms with van der Waals surface area (Å²) in [7, 11) is 3.94. The summed E-state index contributed by atoms with van der Waals surface area (Å²) in [4.78, 5) is 38.7. The number of benzene rings is 1. The number of amides is 2. The molecule has 0 saturated carbocycles. The Morgan fingerprint density at radius 1 is 1.13 bits per heavy atom. The molecule has 0 N–H and O–H groups in total. The molecule has 0 aromatic heterocycles. The van der Waals surface area contributed by atoms with Crippen molar-refractivity contribution in [2.45, 2.75) is 13.3 Å². The molecule has 2 amide bonds. The molecule has 1 aromatic rings. The van der Waals surface area contributed by atoms with E-state index in [0.717, 1.165) is 16.2 Å². The van der Waals surface area contributed by atoms with Crippen molar-refractivity contribution in [3.05, 3.63) is 47.6 Å². The van der Waals surface area contributed by atoms with Gasteiger partial charge in [0.15, 0.2) is 5.78 Å². The predicted octanol–water partition coefficient (Wildman–Crippen LogP) is 2.04. The van der Waals surface area contributed by atoms with Crippen molar-refractivity contribution in [1.29, 1.82) is 0 Å². The molecule has 0 spiro atoms. The number of anilines is 1. The van der Waals surface area contributed by atoms with Crippen LogP contribution in [0, 0.1) is 0 Å². The summed E-state index contributed by atoms with van der Waals surface area (Å²) in [6.07, 6.45) is 4.73. The average molecular weight is 312 g/mol. The number of Topliss-reactive ketones (excluding diaryl/α,β-unsaturated/α-hetero) is 1. The van der Waals surface area contributed by atoms with Gasteiger partial charge in [-0.3, -0.25) is 19.3 Å². The Hall–Kier alpha value is -2.69. The summed E-state index contributed by atoms with van der Waals surface area (Å²) in [5.41, 5.74) is 2.12. The van der Waals surface area contributed by atoms with Crippen LogP contribution in [0.15, 0.2) is 42.0 Å². The third kappa shape index (κ3) is 3.74. The number of allylic oxidation sites excluding steroid dienone is 2. The van der Waals surface area contributed by atoms with Gasteiger partial charge in [0.2, 0.25) is 5.91 Å². The van der Waals surface area contributed by atoms with Gasteiger partial charge in [-0.05, 0) is 30.7 Å². The maximum absolute atomic E-state index is 12.1. The zero-order valence-corrected chi connectivity index (χ0v) is 13.6. The highest BCUT2D eigenvalue weighted by molar-refractivity contribution is 6.30. The number of hydrogen-bond acceptors (Lipinski definition) is 4. The Labute approximate surface area is 135 Å². The Bertz CT molecular complexity index is 685. The molecular formula is C18H20N2O3. The maximum Gasteiger partial charge on any atom is 0.264 e. The highest BCUT2D eigenvalue weighted by Crippen LogP contribution is 2.16. The van der Waals surface area contributed by atoms with Gasteiger partial charge in [-0.1, -0.05) is 24.3 Å². The zero-order valence-electron chi connectivity index (χ0n) is 13.6. The summed E-state index contributed by atoms with van der Waals surface area (Å²) >= 11 is 0. The van der Waals surface area contributed by atoms with Crippen molar-refractivity contribution in [1.82, 2.24) is 4.90 Å². The minimum atomic E-state index is -0.513. The molecule has 1 saturated heterocycles. The van der Waals surface area contributed by atoms with Crippen LogP contribution in [0.25, 0.3) is 6.08 Å². The topological polar surface area (TPSA) is 57.7 Å². The van der Waals surface area contributed by atoms with Gasteiger partial charge in [0, 0.05) is 26.3 Å². The van der Waals surface area contributed by atoms with E-state index in [2.05, 4.69) is 0 Å². The molecule has 0 radical (unpaired) electrons. The number of carbonyl (C=O) groups is 3. The second-order valence-corrected chi connectivity index (χ2v) is 5.47. The van der Waals surface area contributed by atoms with Gasteiger partial charge >= 0.3 is 0 Å². The summed E-state index contributed by atoms with van der Waals surface area (Å²) in [6, 6.07) is 7.88. The smallest absolute Gasteiger partial charge is 0.264 e. The number of likely N-dealkylation sites (N-methyl/N-ethyl adjacent to an activating group) is 1. The number of imide groups is 1. The molecule has 1 fully saturated rings. The van der Waals surface area contributed by atoms with Crippen molar-refractivity contribution in [3.8, 4) is 0 Å². The normalized spacial score (nSPS) is 17.4. The lowest BCUT2D eigenvalue weighted by molar-refractivity contribution is -0.147. The van der Waals surface area contributed by atoms with Gasteiger partial charge in [0.05, 0.1) is 12.0 Å². The van der Waals surface area contributed by atoms with Crippen molar-refractivity contribution in [3.63, 3.8) is 0 Å². The second-order valence-electron chi connectivity index (χ2n) is 5.47. The molecule has 23 heavy (non-hydrogen) atoms. The molecular weight excluding hydrogens is 292 g/mol.